The fraction of sp³-hybridized carbons (Fsp3) is 0.118. The van der Waals surface area contributed by atoms with Gasteiger partial charge in [0.25, 0.3) is 0 Å². The number of hydrogen-bond acceptors (Lipinski definition) is 3. The van der Waals surface area contributed by atoms with Gasteiger partial charge in [-0.3, -0.25) is 4.68 Å². The lowest BCUT2D eigenvalue weighted by molar-refractivity contribution is -0.136. The molecule has 0 spiro atoms. The van der Waals surface area contributed by atoms with Crippen molar-refractivity contribution in [3.63, 3.8) is 0 Å². The predicted octanol–water partition coefficient (Wildman–Crippen LogP) is 3.98. The maximum absolute atomic E-state index is 13.5. The lowest BCUT2D eigenvalue weighted by atomic mass is 10.1. The first-order chi connectivity index (χ1) is 12.3. The van der Waals surface area contributed by atoms with E-state index in [1.807, 2.05) is 0 Å². The molecule has 0 aliphatic carbocycles. The summed E-state index contributed by atoms with van der Waals surface area (Å²) in [7, 11) is 1.66. The predicted molar refractivity (Wildman–Crippen MR) is 86.0 cm³/mol. The molecule has 26 heavy (non-hydrogen) atoms. The monoisotopic (exact) mass is 361 g/mol. The van der Waals surface area contributed by atoms with Gasteiger partial charge in [0, 0.05) is 18.8 Å². The van der Waals surface area contributed by atoms with Crippen LogP contribution in [0, 0.1) is 5.82 Å². The molecule has 3 heterocycles. The number of fused-ring (bicyclic) bond motifs is 1. The molecule has 0 aliphatic heterocycles. The normalized spacial score (nSPS) is 12.0. The van der Waals surface area contributed by atoms with Gasteiger partial charge in [-0.05, 0) is 30.3 Å². The van der Waals surface area contributed by atoms with Crippen molar-refractivity contribution in [3.8, 4) is 16.9 Å². The number of pyridine rings is 1. The van der Waals surface area contributed by atoms with Crippen LogP contribution in [0.4, 0.5) is 17.6 Å². The van der Waals surface area contributed by atoms with E-state index in [4.69, 9.17) is 0 Å². The number of halogens is 4. The summed E-state index contributed by atoms with van der Waals surface area (Å²) in [4.78, 5) is 4.35. The van der Waals surface area contributed by atoms with Gasteiger partial charge in [0.05, 0.1) is 34.7 Å². The first-order valence-corrected chi connectivity index (χ1v) is 7.54. The summed E-state index contributed by atoms with van der Waals surface area (Å²) < 4.78 is 56.5. The molecule has 0 atom stereocenters. The van der Waals surface area contributed by atoms with Crippen molar-refractivity contribution in [2.45, 2.75) is 6.18 Å². The Hall–Kier alpha value is -3.23. The molecule has 0 aliphatic rings. The van der Waals surface area contributed by atoms with Crippen LogP contribution in [0.1, 0.15) is 5.56 Å². The molecule has 4 aromatic rings. The topological polar surface area (TPSA) is 48.5 Å². The minimum absolute atomic E-state index is 0.0327. The first-order valence-electron chi connectivity index (χ1n) is 7.54. The summed E-state index contributed by atoms with van der Waals surface area (Å²) in [6, 6.07) is 6.24. The molecule has 0 N–H and O–H groups in total. The molecule has 3 aromatic heterocycles. The number of aromatic nitrogens is 5. The van der Waals surface area contributed by atoms with Gasteiger partial charge < -0.3 is 0 Å². The van der Waals surface area contributed by atoms with E-state index in [1.54, 1.807) is 13.2 Å². The van der Waals surface area contributed by atoms with Gasteiger partial charge in [0.1, 0.15) is 5.82 Å². The number of alkyl halides is 3. The molecule has 1 aromatic carbocycles. The fourth-order valence-corrected chi connectivity index (χ4v) is 2.71. The van der Waals surface area contributed by atoms with Gasteiger partial charge in [-0.25, -0.2) is 14.1 Å². The Labute approximate surface area is 144 Å². The minimum Gasteiger partial charge on any atom is -0.275 e. The third-order valence-corrected chi connectivity index (χ3v) is 3.92. The van der Waals surface area contributed by atoms with E-state index in [0.717, 1.165) is 12.3 Å². The van der Waals surface area contributed by atoms with Crippen LogP contribution in [-0.4, -0.2) is 24.5 Å². The summed E-state index contributed by atoms with van der Waals surface area (Å²) >= 11 is 0. The van der Waals surface area contributed by atoms with Crippen LogP contribution in [0.5, 0.6) is 0 Å². The van der Waals surface area contributed by atoms with Crippen LogP contribution in [0.15, 0.2) is 48.9 Å². The first kappa shape index (κ1) is 16.2. The maximum atomic E-state index is 13.5. The number of rotatable bonds is 2. The molecule has 0 amide bonds. The Kier molecular flexibility index (Phi) is 3.53. The second-order valence-electron chi connectivity index (χ2n) is 5.73. The number of benzene rings is 1. The van der Waals surface area contributed by atoms with Crippen LogP contribution in [0.3, 0.4) is 0 Å². The summed E-state index contributed by atoms with van der Waals surface area (Å²) in [6.07, 6.45) is -0.448. The molecule has 0 radical (unpaired) electrons. The van der Waals surface area contributed by atoms with Crippen molar-refractivity contribution in [2.75, 3.05) is 0 Å². The van der Waals surface area contributed by atoms with Crippen LogP contribution < -0.4 is 0 Å². The molecular formula is C17H11F4N5. The molecule has 9 heteroatoms. The van der Waals surface area contributed by atoms with Gasteiger partial charge in [-0.2, -0.15) is 23.4 Å². The van der Waals surface area contributed by atoms with E-state index in [2.05, 4.69) is 15.2 Å². The standard InChI is InChI=1S/C17H11F4N5/c1-25-9-10(7-22-25)15-6-14(17(19,20)21)13-8-23-26(16(13)24-15)12-4-2-11(18)3-5-12/h2-9H,1H3. The van der Waals surface area contributed by atoms with Crippen LogP contribution >= 0.6 is 0 Å². The molecule has 5 nitrogen and oxygen atoms in total. The molecule has 0 saturated carbocycles. The molecule has 4 rings (SSSR count). The maximum Gasteiger partial charge on any atom is 0.417 e. The van der Waals surface area contributed by atoms with E-state index >= 15 is 0 Å². The Bertz CT molecular complexity index is 1090. The van der Waals surface area contributed by atoms with Crippen LogP contribution in [0.25, 0.3) is 28.0 Å². The largest absolute Gasteiger partial charge is 0.417 e. The summed E-state index contributed by atoms with van der Waals surface area (Å²) in [5.74, 6) is -0.454. The van der Waals surface area contributed by atoms with Crippen molar-refractivity contribution >= 4 is 11.0 Å². The van der Waals surface area contributed by atoms with Gasteiger partial charge in [-0.1, -0.05) is 0 Å². The highest BCUT2D eigenvalue weighted by Gasteiger charge is 2.35. The van der Waals surface area contributed by atoms with E-state index in [-0.39, 0.29) is 16.7 Å². The zero-order valence-corrected chi connectivity index (χ0v) is 13.4. The van der Waals surface area contributed by atoms with E-state index in [9.17, 15) is 17.6 Å². The molecule has 0 unspecified atom stereocenters. The molecule has 0 bridgehead atoms. The summed E-state index contributed by atoms with van der Waals surface area (Å²) in [5, 5.41) is 7.86. The highest BCUT2D eigenvalue weighted by atomic mass is 19.4. The van der Waals surface area contributed by atoms with Gasteiger partial charge >= 0.3 is 6.18 Å². The third-order valence-electron chi connectivity index (χ3n) is 3.92. The lowest BCUT2D eigenvalue weighted by Crippen LogP contribution is -2.07. The fourth-order valence-electron chi connectivity index (χ4n) is 2.71. The molecule has 0 saturated heterocycles. The Morgan fingerprint density at radius 3 is 2.35 bits per heavy atom. The lowest BCUT2D eigenvalue weighted by Gasteiger charge is -2.10. The van der Waals surface area contributed by atoms with E-state index in [0.29, 0.717) is 11.3 Å². The van der Waals surface area contributed by atoms with Crippen LogP contribution in [0.2, 0.25) is 0 Å². The average Bonchev–Trinajstić information content (AvgIpc) is 3.20. The second-order valence-corrected chi connectivity index (χ2v) is 5.73. The number of nitrogens with zero attached hydrogens (tertiary/aromatic N) is 5. The smallest absolute Gasteiger partial charge is 0.275 e. The zero-order chi connectivity index (χ0) is 18.5. The molecular weight excluding hydrogens is 350 g/mol. The average molecular weight is 361 g/mol. The Balaban J connectivity index is 2.00. The molecule has 132 valence electrons. The van der Waals surface area contributed by atoms with Crippen LogP contribution in [-0.2, 0) is 13.2 Å². The van der Waals surface area contributed by atoms with Crippen molar-refractivity contribution in [1.82, 2.24) is 24.5 Å². The zero-order valence-electron chi connectivity index (χ0n) is 13.4. The van der Waals surface area contributed by atoms with Crippen molar-refractivity contribution < 1.29 is 17.6 Å². The van der Waals surface area contributed by atoms with Crippen molar-refractivity contribution in [3.05, 3.63) is 60.3 Å². The summed E-state index contributed by atoms with van der Waals surface area (Å²) in [5.41, 5.74) is 0.180. The second kappa shape index (κ2) is 5.65. The van der Waals surface area contributed by atoms with Gasteiger partial charge in [-0.15, -0.1) is 0 Å². The van der Waals surface area contributed by atoms with E-state index in [1.165, 1.54) is 39.8 Å². The van der Waals surface area contributed by atoms with Gasteiger partial charge in [0.15, 0.2) is 5.65 Å². The summed E-state index contributed by atoms with van der Waals surface area (Å²) in [6.45, 7) is 0. The quantitative estimate of drug-likeness (QED) is 0.508. The van der Waals surface area contributed by atoms with E-state index < -0.39 is 17.6 Å². The number of hydrogen-bond donors (Lipinski definition) is 0. The molecule has 0 fully saturated rings. The minimum atomic E-state index is -4.57. The Morgan fingerprint density at radius 1 is 1.00 bits per heavy atom. The van der Waals surface area contributed by atoms with Crippen molar-refractivity contribution in [1.29, 1.82) is 0 Å². The van der Waals surface area contributed by atoms with Crippen molar-refractivity contribution in [2.24, 2.45) is 7.05 Å². The third kappa shape index (κ3) is 2.71. The highest BCUT2D eigenvalue weighted by molar-refractivity contribution is 5.84. The highest BCUT2D eigenvalue weighted by Crippen LogP contribution is 2.37. The van der Waals surface area contributed by atoms with Gasteiger partial charge in [0.2, 0.25) is 0 Å². The Morgan fingerprint density at radius 2 is 1.73 bits per heavy atom. The number of aryl methyl sites for hydroxylation is 1. The SMILES string of the molecule is Cn1cc(-c2cc(C(F)(F)F)c3cnn(-c4ccc(F)cc4)c3n2)cn1.